The lowest BCUT2D eigenvalue weighted by Gasteiger charge is -2.15. The minimum Gasteiger partial charge on any atom is -0.355 e. The van der Waals surface area contributed by atoms with Gasteiger partial charge in [-0.3, -0.25) is 4.79 Å². The van der Waals surface area contributed by atoms with E-state index in [1.807, 2.05) is 84.9 Å². The second kappa shape index (κ2) is 7.11. The molecule has 4 rings (SSSR count). The fraction of sp³-hybridized carbons (Fsp3) is 0. The van der Waals surface area contributed by atoms with Crippen LogP contribution in [0.1, 0.15) is 21.5 Å². The number of para-hydroxylation sites is 2. The molecule has 1 aliphatic heterocycles. The highest BCUT2D eigenvalue weighted by Gasteiger charge is 2.15. The van der Waals surface area contributed by atoms with E-state index in [0.717, 1.165) is 28.2 Å². The number of rotatable bonds is 3. The quantitative estimate of drug-likeness (QED) is 0.669. The first-order valence-corrected chi connectivity index (χ1v) is 8.51. The molecule has 0 atom stereocenters. The number of hydrogen-bond acceptors (Lipinski definition) is 2. The van der Waals surface area contributed by atoms with E-state index in [4.69, 9.17) is 0 Å². The van der Waals surface area contributed by atoms with E-state index >= 15 is 0 Å². The van der Waals surface area contributed by atoms with Gasteiger partial charge in [0.2, 0.25) is 0 Å². The van der Waals surface area contributed by atoms with Crippen molar-refractivity contribution in [1.82, 2.24) is 0 Å². The fourth-order valence-corrected chi connectivity index (χ4v) is 2.98. The van der Waals surface area contributed by atoms with Crippen molar-refractivity contribution in [2.24, 2.45) is 0 Å². The third kappa shape index (κ3) is 3.28. The summed E-state index contributed by atoms with van der Waals surface area (Å²) in [5, 5.41) is 6.41. The summed E-state index contributed by atoms with van der Waals surface area (Å²) in [6.45, 7) is 0. The molecule has 3 aromatic rings. The van der Waals surface area contributed by atoms with Crippen LogP contribution >= 0.6 is 0 Å². The minimum absolute atomic E-state index is 0.129. The lowest BCUT2D eigenvalue weighted by molar-refractivity contribution is 0.102. The summed E-state index contributed by atoms with van der Waals surface area (Å²) in [6.07, 6.45) is 6.05. The SMILES string of the molecule is O=C(Nc1ccccc1)c1ccccc1C1=CC=Cc2ccccc2N1. The first-order valence-electron chi connectivity index (χ1n) is 8.51. The fourth-order valence-electron chi connectivity index (χ4n) is 2.98. The highest BCUT2D eigenvalue weighted by molar-refractivity contribution is 6.08. The van der Waals surface area contributed by atoms with Gasteiger partial charge in [-0.05, 0) is 35.9 Å². The minimum atomic E-state index is -0.129. The summed E-state index contributed by atoms with van der Waals surface area (Å²) in [4.78, 5) is 12.8. The number of anilines is 2. The maximum atomic E-state index is 12.8. The van der Waals surface area contributed by atoms with Crippen molar-refractivity contribution in [2.45, 2.75) is 0 Å². The van der Waals surface area contributed by atoms with E-state index in [0.29, 0.717) is 5.56 Å². The molecule has 0 fully saturated rings. The van der Waals surface area contributed by atoms with E-state index in [1.165, 1.54) is 0 Å². The Balaban J connectivity index is 1.67. The highest BCUT2D eigenvalue weighted by Crippen LogP contribution is 2.28. The van der Waals surface area contributed by atoms with E-state index in [1.54, 1.807) is 0 Å². The van der Waals surface area contributed by atoms with Gasteiger partial charge in [0.05, 0.1) is 0 Å². The molecule has 0 bridgehead atoms. The number of carbonyl (C=O) groups excluding carboxylic acids is 1. The van der Waals surface area contributed by atoms with Crippen LogP contribution in [0.3, 0.4) is 0 Å². The van der Waals surface area contributed by atoms with Gasteiger partial charge in [-0.15, -0.1) is 0 Å². The average molecular weight is 338 g/mol. The monoisotopic (exact) mass is 338 g/mol. The van der Waals surface area contributed by atoms with E-state index in [2.05, 4.69) is 22.8 Å². The van der Waals surface area contributed by atoms with Gasteiger partial charge >= 0.3 is 0 Å². The molecule has 1 amide bonds. The predicted octanol–water partition coefficient (Wildman–Crippen LogP) is 5.42. The van der Waals surface area contributed by atoms with Crippen LogP contribution in [-0.4, -0.2) is 5.91 Å². The Kier molecular flexibility index (Phi) is 4.35. The first kappa shape index (κ1) is 15.9. The molecule has 3 nitrogen and oxygen atoms in total. The van der Waals surface area contributed by atoms with Crippen LogP contribution in [-0.2, 0) is 0 Å². The summed E-state index contributed by atoms with van der Waals surface area (Å²) in [7, 11) is 0. The Morgan fingerprint density at radius 2 is 1.54 bits per heavy atom. The zero-order valence-corrected chi connectivity index (χ0v) is 14.1. The molecule has 0 unspecified atom stereocenters. The standard InChI is InChI=1S/C23H18N2O/c26-23(24-18-11-2-1-3-12-18)20-14-6-5-13-19(20)22-16-8-10-17-9-4-7-15-21(17)25-22/h1-16,25H,(H,24,26). The van der Waals surface area contributed by atoms with Gasteiger partial charge in [0.15, 0.2) is 0 Å². The van der Waals surface area contributed by atoms with Crippen molar-refractivity contribution in [3.63, 3.8) is 0 Å². The Morgan fingerprint density at radius 1 is 0.808 bits per heavy atom. The van der Waals surface area contributed by atoms with Crippen LogP contribution in [0.15, 0.2) is 91.0 Å². The molecule has 126 valence electrons. The molecule has 0 aliphatic carbocycles. The molecule has 0 radical (unpaired) electrons. The second-order valence-corrected chi connectivity index (χ2v) is 6.02. The molecule has 0 saturated carbocycles. The maximum absolute atomic E-state index is 12.8. The summed E-state index contributed by atoms with van der Waals surface area (Å²) >= 11 is 0. The normalized spacial score (nSPS) is 12.4. The average Bonchev–Trinajstić information content (AvgIpc) is 2.91. The number of amides is 1. The molecule has 1 aliphatic rings. The third-order valence-electron chi connectivity index (χ3n) is 4.26. The highest BCUT2D eigenvalue weighted by atomic mass is 16.1. The largest absolute Gasteiger partial charge is 0.355 e. The molecular formula is C23H18N2O. The zero-order valence-electron chi connectivity index (χ0n) is 14.1. The van der Waals surface area contributed by atoms with Crippen molar-refractivity contribution in [2.75, 3.05) is 10.6 Å². The summed E-state index contributed by atoms with van der Waals surface area (Å²) in [6, 6.07) is 25.2. The van der Waals surface area contributed by atoms with Crippen LogP contribution in [0.25, 0.3) is 11.8 Å². The van der Waals surface area contributed by atoms with Gasteiger partial charge in [0, 0.05) is 28.2 Å². The summed E-state index contributed by atoms with van der Waals surface area (Å²) in [5.74, 6) is -0.129. The van der Waals surface area contributed by atoms with Gasteiger partial charge in [0.1, 0.15) is 0 Å². The molecule has 0 aromatic heterocycles. The number of nitrogens with one attached hydrogen (secondary N) is 2. The molecule has 0 saturated heterocycles. The zero-order chi connectivity index (χ0) is 17.8. The van der Waals surface area contributed by atoms with Crippen molar-refractivity contribution in [3.8, 4) is 0 Å². The van der Waals surface area contributed by atoms with Crippen molar-refractivity contribution in [1.29, 1.82) is 0 Å². The van der Waals surface area contributed by atoms with E-state index < -0.39 is 0 Å². The molecule has 2 N–H and O–H groups in total. The summed E-state index contributed by atoms with van der Waals surface area (Å²) in [5.41, 5.74) is 5.30. The van der Waals surface area contributed by atoms with Gasteiger partial charge in [-0.1, -0.05) is 66.7 Å². The van der Waals surface area contributed by atoms with Gasteiger partial charge in [-0.25, -0.2) is 0 Å². The molecule has 3 aromatic carbocycles. The van der Waals surface area contributed by atoms with Crippen molar-refractivity contribution >= 4 is 29.1 Å². The Hall–Kier alpha value is -3.59. The molecule has 1 heterocycles. The molecule has 0 spiro atoms. The van der Waals surface area contributed by atoms with E-state index in [-0.39, 0.29) is 5.91 Å². The van der Waals surface area contributed by atoms with Crippen LogP contribution < -0.4 is 10.6 Å². The molecular weight excluding hydrogens is 320 g/mol. The smallest absolute Gasteiger partial charge is 0.256 e. The van der Waals surface area contributed by atoms with Crippen molar-refractivity contribution < 1.29 is 4.79 Å². The van der Waals surface area contributed by atoms with Crippen LogP contribution in [0.2, 0.25) is 0 Å². The topological polar surface area (TPSA) is 41.1 Å². The predicted molar refractivity (Wildman–Crippen MR) is 108 cm³/mol. The maximum Gasteiger partial charge on any atom is 0.256 e. The first-order chi connectivity index (χ1) is 12.8. The number of carbonyl (C=O) groups is 1. The number of allylic oxidation sites excluding steroid dienone is 2. The summed E-state index contributed by atoms with van der Waals surface area (Å²) < 4.78 is 0. The van der Waals surface area contributed by atoms with Gasteiger partial charge in [0.25, 0.3) is 5.91 Å². The number of fused-ring (bicyclic) bond motifs is 1. The Labute approximate surface area is 152 Å². The van der Waals surface area contributed by atoms with Gasteiger partial charge < -0.3 is 10.6 Å². The van der Waals surface area contributed by atoms with Crippen LogP contribution in [0, 0.1) is 0 Å². The number of hydrogen-bond donors (Lipinski definition) is 2. The van der Waals surface area contributed by atoms with E-state index in [9.17, 15) is 4.79 Å². The Bertz CT molecular complexity index is 1000. The lowest BCUT2D eigenvalue weighted by atomic mass is 10.0. The van der Waals surface area contributed by atoms with Crippen LogP contribution in [0.5, 0.6) is 0 Å². The van der Waals surface area contributed by atoms with Crippen LogP contribution in [0.4, 0.5) is 11.4 Å². The molecule has 3 heteroatoms. The third-order valence-corrected chi connectivity index (χ3v) is 4.26. The molecule has 26 heavy (non-hydrogen) atoms. The number of benzene rings is 3. The second-order valence-electron chi connectivity index (χ2n) is 6.02. The van der Waals surface area contributed by atoms with Gasteiger partial charge in [-0.2, -0.15) is 0 Å². The lowest BCUT2D eigenvalue weighted by Crippen LogP contribution is -2.15. The van der Waals surface area contributed by atoms with Crippen molar-refractivity contribution in [3.05, 3.63) is 108 Å². The Morgan fingerprint density at radius 3 is 2.42 bits per heavy atom.